The second-order valence-corrected chi connectivity index (χ2v) is 6.77. The Kier molecular flexibility index (Phi) is 3.96. The number of alkyl halides is 3. The number of furan rings is 1. The number of benzene rings is 2. The number of carboxylic acid groups (broad SMARTS) is 1. The van der Waals surface area contributed by atoms with E-state index in [2.05, 4.69) is 20.9 Å². The van der Waals surface area contributed by atoms with Crippen LogP contribution >= 0.6 is 15.9 Å². The lowest BCUT2D eigenvalue weighted by atomic mass is 10.0. The minimum absolute atomic E-state index is 0.0175. The Morgan fingerprint density at radius 3 is 2.59 bits per heavy atom. The molecule has 0 spiro atoms. The zero-order valence-corrected chi connectivity index (χ0v) is 14.9. The molecule has 0 aliphatic carbocycles. The smallest absolute Gasteiger partial charge is 0.418 e. The highest BCUT2D eigenvalue weighted by atomic mass is 79.9. The van der Waals surface area contributed by atoms with E-state index in [0.717, 1.165) is 16.6 Å². The summed E-state index contributed by atoms with van der Waals surface area (Å²) in [7, 11) is 0. The Bertz CT molecular complexity index is 1210. The van der Waals surface area contributed by atoms with Gasteiger partial charge in [0.1, 0.15) is 11.3 Å². The van der Waals surface area contributed by atoms with E-state index in [9.17, 15) is 23.1 Å². The van der Waals surface area contributed by atoms with Crippen LogP contribution in [0.5, 0.6) is 0 Å². The molecule has 2 aromatic heterocycles. The van der Waals surface area contributed by atoms with E-state index < -0.39 is 23.2 Å². The molecule has 8 heteroatoms. The highest BCUT2D eigenvalue weighted by Crippen LogP contribution is 2.37. The minimum Gasteiger partial charge on any atom is -0.478 e. The first-order chi connectivity index (χ1) is 12.7. The Hall–Kier alpha value is -2.87. The van der Waals surface area contributed by atoms with E-state index >= 15 is 0 Å². The lowest BCUT2D eigenvalue weighted by Crippen LogP contribution is -2.09. The molecule has 136 valence electrons. The van der Waals surface area contributed by atoms with Gasteiger partial charge in [0.15, 0.2) is 5.76 Å². The third-order valence-corrected chi connectivity index (χ3v) is 4.60. The molecule has 2 aromatic carbocycles. The molecule has 2 heterocycles. The van der Waals surface area contributed by atoms with Gasteiger partial charge in [0, 0.05) is 15.2 Å². The molecule has 4 nitrogen and oxygen atoms in total. The lowest BCUT2D eigenvalue weighted by molar-refractivity contribution is -0.136. The first-order valence-corrected chi connectivity index (χ1v) is 8.47. The lowest BCUT2D eigenvalue weighted by Gasteiger charge is -2.12. The van der Waals surface area contributed by atoms with Gasteiger partial charge in [-0.1, -0.05) is 28.1 Å². The van der Waals surface area contributed by atoms with Crippen molar-refractivity contribution < 1.29 is 27.5 Å². The van der Waals surface area contributed by atoms with E-state index in [0.29, 0.717) is 11.0 Å². The van der Waals surface area contributed by atoms with Crippen molar-refractivity contribution in [2.75, 3.05) is 0 Å². The Labute approximate surface area is 158 Å². The number of hydrogen-bond acceptors (Lipinski definition) is 3. The van der Waals surface area contributed by atoms with E-state index in [1.807, 2.05) is 0 Å². The van der Waals surface area contributed by atoms with Crippen LogP contribution in [-0.2, 0) is 6.18 Å². The quantitative estimate of drug-likeness (QED) is 0.411. The van der Waals surface area contributed by atoms with Gasteiger partial charge >= 0.3 is 12.1 Å². The number of fused-ring (bicyclic) bond motifs is 2. The fourth-order valence-corrected chi connectivity index (χ4v) is 3.30. The zero-order chi connectivity index (χ0) is 19.3. The highest BCUT2D eigenvalue weighted by molar-refractivity contribution is 9.10. The van der Waals surface area contributed by atoms with Crippen molar-refractivity contribution >= 4 is 43.8 Å². The number of hydrogen-bond donors (Lipinski definition) is 1. The topological polar surface area (TPSA) is 63.3 Å². The predicted molar refractivity (Wildman–Crippen MR) is 96.6 cm³/mol. The third-order valence-electron chi connectivity index (χ3n) is 4.11. The summed E-state index contributed by atoms with van der Waals surface area (Å²) in [4.78, 5) is 15.7. The van der Waals surface area contributed by atoms with Gasteiger partial charge in [0.25, 0.3) is 0 Å². The first kappa shape index (κ1) is 17.5. The van der Waals surface area contributed by atoms with Crippen LogP contribution in [0.15, 0.2) is 57.4 Å². The molecule has 0 saturated heterocycles. The fraction of sp³-hybridized carbons (Fsp3) is 0.0526. The summed E-state index contributed by atoms with van der Waals surface area (Å²) in [5.74, 6) is -1.16. The number of rotatable bonds is 2. The number of pyridine rings is 1. The molecule has 0 bridgehead atoms. The van der Waals surface area contributed by atoms with Crippen LogP contribution in [0, 0.1) is 0 Å². The molecule has 0 unspecified atom stereocenters. The van der Waals surface area contributed by atoms with E-state index in [1.165, 1.54) is 12.1 Å². The molecule has 4 rings (SSSR count). The van der Waals surface area contributed by atoms with Crippen molar-refractivity contribution in [2.45, 2.75) is 6.18 Å². The first-order valence-electron chi connectivity index (χ1n) is 7.68. The summed E-state index contributed by atoms with van der Waals surface area (Å²) in [5, 5.41) is 10.1. The second kappa shape index (κ2) is 6.09. The van der Waals surface area contributed by atoms with Crippen LogP contribution in [0.2, 0.25) is 0 Å². The number of para-hydroxylation sites is 1. The summed E-state index contributed by atoms with van der Waals surface area (Å²) in [5.41, 5.74) is -1.17. The van der Waals surface area contributed by atoms with Gasteiger partial charge in [-0.05, 0) is 36.4 Å². The van der Waals surface area contributed by atoms with Gasteiger partial charge in [-0.2, -0.15) is 13.2 Å². The van der Waals surface area contributed by atoms with E-state index in [4.69, 9.17) is 4.42 Å². The number of carbonyl (C=O) groups is 1. The van der Waals surface area contributed by atoms with Crippen molar-refractivity contribution in [3.8, 4) is 11.5 Å². The maximum absolute atomic E-state index is 13.4. The van der Waals surface area contributed by atoms with Gasteiger partial charge in [0.2, 0.25) is 0 Å². The molecule has 0 radical (unpaired) electrons. The number of carboxylic acids is 1. The molecule has 0 aliphatic rings. The largest absolute Gasteiger partial charge is 0.478 e. The van der Waals surface area contributed by atoms with Gasteiger partial charge in [-0.3, -0.25) is 0 Å². The maximum Gasteiger partial charge on any atom is 0.418 e. The summed E-state index contributed by atoms with van der Waals surface area (Å²) < 4.78 is 46.6. The van der Waals surface area contributed by atoms with Crippen molar-refractivity contribution in [1.82, 2.24) is 4.98 Å². The third kappa shape index (κ3) is 3.06. The molecular formula is C19H9BrF3NO3. The number of halogens is 4. The number of aromatic carboxylic acids is 1. The van der Waals surface area contributed by atoms with Crippen LogP contribution < -0.4 is 0 Å². The molecule has 27 heavy (non-hydrogen) atoms. The molecule has 0 fully saturated rings. The summed E-state index contributed by atoms with van der Waals surface area (Å²) in [6.07, 6.45) is -4.67. The highest BCUT2D eigenvalue weighted by Gasteiger charge is 2.34. The van der Waals surface area contributed by atoms with Crippen LogP contribution in [0.1, 0.15) is 15.9 Å². The summed E-state index contributed by atoms with van der Waals surface area (Å²) in [6.45, 7) is 0. The van der Waals surface area contributed by atoms with Crippen molar-refractivity contribution in [2.24, 2.45) is 0 Å². The zero-order valence-electron chi connectivity index (χ0n) is 13.3. The SMILES string of the molecule is O=C(O)c1cc(-c2cc3cc(Br)ccc3o2)nc2c(C(F)(F)F)cccc12. The molecule has 4 aromatic rings. The number of aromatic nitrogens is 1. The molecular weight excluding hydrogens is 427 g/mol. The van der Waals surface area contributed by atoms with Crippen molar-refractivity contribution in [3.05, 3.63) is 64.1 Å². The Balaban J connectivity index is 2.04. The average molecular weight is 436 g/mol. The molecule has 0 aliphatic heterocycles. The second-order valence-electron chi connectivity index (χ2n) is 5.85. The molecule has 0 saturated carbocycles. The van der Waals surface area contributed by atoms with Crippen molar-refractivity contribution in [1.29, 1.82) is 0 Å². The summed E-state index contributed by atoms with van der Waals surface area (Å²) >= 11 is 3.33. The van der Waals surface area contributed by atoms with Crippen LogP contribution in [0.3, 0.4) is 0 Å². The minimum atomic E-state index is -4.67. The van der Waals surface area contributed by atoms with Gasteiger partial charge in [-0.15, -0.1) is 0 Å². The fourth-order valence-electron chi connectivity index (χ4n) is 2.92. The predicted octanol–water partition coefficient (Wildman–Crippen LogP) is 6.13. The molecule has 0 atom stereocenters. The standard InChI is InChI=1S/C19H9BrF3NO3/c20-10-4-5-15-9(6-10)7-16(27-15)14-8-12(18(25)26)11-2-1-3-13(17(11)24-14)19(21,22)23/h1-8H,(H,25,26). The number of nitrogens with zero attached hydrogens (tertiary/aromatic N) is 1. The normalized spacial score (nSPS) is 12.0. The summed E-state index contributed by atoms with van der Waals surface area (Å²) in [6, 6.07) is 11.4. The Morgan fingerprint density at radius 1 is 1.11 bits per heavy atom. The Morgan fingerprint density at radius 2 is 1.89 bits per heavy atom. The van der Waals surface area contributed by atoms with Crippen LogP contribution in [-0.4, -0.2) is 16.1 Å². The van der Waals surface area contributed by atoms with Gasteiger partial charge in [0.05, 0.1) is 16.6 Å². The maximum atomic E-state index is 13.4. The van der Waals surface area contributed by atoms with E-state index in [-0.39, 0.29) is 22.4 Å². The van der Waals surface area contributed by atoms with E-state index in [1.54, 1.807) is 24.3 Å². The molecule has 0 amide bonds. The van der Waals surface area contributed by atoms with Gasteiger partial charge in [-0.25, -0.2) is 9.78 Å². The monoisotopic (exact) mass is 435 g/mol. The molecule has 1 N–H and O–H groups in total. The van der Waals surface area contributed by atoms with Crippen molar-refractivity contribution in [3.63, 3.8) is 0 Å². The van der Waals surface area contributed by atoms with Crippen LogP contribution in [0.4, 0.5) is 13.2 Å². The van der Waals surface area contributed by atoms with Gasteiger partial charge < -0.3 is 9.52 Å². The van der Waals surface area contributed by atoms with Crippen LogP contribution in [0.25, 0.3) is 33.3 Å². The average Bonchev–Trinajstić information content (AvgIpc) is 3.02.